The lowest BCUT2D eigenvalue weighted by Crippen LogP contribution is -2.24. The molecule has 1 aromatic carbocycles. The Morgan fingerprint density at radius 2 is 1.90 bits per heavy atom. The third-order valence-electron chi connectivity index (χ3n) is 3.65. The Kier molecular flexibility index (Phi) is 5.64. The van der Waals surface area contributed by atoms with E-state index in [0.717, 1.165) is 24.4 Å². The van der Waals surface area contributed by atoms with Gasteiger partial charge in [-0.05, 0) is 61.4 Å². The minimum Gasteiger partial charge on any atom is -0.309 e. The van der Waals surface area contributed by atoms with Crippen LogP contribution in [0, 0.1) is 13.8 Å². The Morgan fingerprint density at radius 3 is 2.45 bits per heavy atom. The van der Waals surface area contributed by atoms with Crippen molar-refractivity contribution in [2.24, 2.45) is 0 Å². The summed E-state index contributed by atoms with van der Waals surface area (Å²) < 4.78 is 0. The number of nitrogens with one attached hydrogen (secondary N) is 1. The third kappa shape index (κ3) is 3.63. The van der Waals surface area contributed by atoms with Crippen molar-refractivity contribution in [3.05, 3.63) is 56.2 Å². The van der Waals surface area contributed by atoms with Crippen LogP contribution in [-0.2, 0) is 6.42 Å². The normalized spacial score (nSPS) is 12.6. The van der Waals surface area contributed by atoms with Crippen LogP contribution in [0.1, 0.15) is 41.0 Å². The molecular weight excluding hydrogens is 286 g/mol. The maximum atomic E-state index is 6.33. The van der Waals surface area contributed by atoms with Gasteiger partial charge < -0.3 is 5.32 Å². The molecule has 1 aromatic heterocycles. The molecule has 0 amide bonds. The summed E-state index contributed by atoms with van der Waals surface area (Å²) in [4.78, 5) is 1.25. The van der Waals surface area contributed by atoms with E-state index in [9.17, 15) is 0 Å². The molecule has 0 bridgehead atoms. The average molecular weight is 308 g/mol. The van der Waals surface area contributed by atoms with Crippen molar-refractivity contribution < 1.29 is 0 Å². The van der Waals surface area contributed by atoms with Gasteiger partial charge in [0.15, 0.2) is 0 Å². The van der Waals surface area contributed by atoms with Gasteiger partial charge in [0.1, 0.15) is 0 Å². The first-order valence-corrected chi connectivity index (χ1v) is 8.40. The molecule has 0 aliphatic carbocycles. The van der Waals surface area contributed by atoms with Gasteiger partial charge in [-0.25, -0.2) is 0 Å². The van der Waals surface area contributed by atoms with E-state index >= 15 is 0 Å². The molecule has 0 aliphatic heterocycles. The van der Waals surface area contributed by atoms with E-state index in [1.807, 2.05) is 6.07 Å². The molecule has 1 nitrogen and oxygen atoms in total. The minimum atomic E-state index is 0.308. The highest BCUT2D eigenvalue weighted by molar-refractivity contribution is 7.10. The standard InChI is InChI=1S/C17H22ClNS/c1-4-9-19-16(17-15(18)8-10-20-17)11-14-12(2)6-5-7-13(14)3/h5-8,10,16,19H,4,9,11H2,1-3H3. The minimum absolute atomic E-state index is 0.308. The topological polar surface area (TPSA) is 12.0 Å². The molecule has 0 saturated heterocycles. The van der Waals surface area contributed by atoms with Crippen LogP contribution in [-0.4, -0.2) is 6.54 Å². The van der Waals surface area contributed by atoms with Crippen LogP contribution in [0.15, 0.2) is 29.6 Å². The lowest BCUT2D eigenvalue weighted by molar-refractivity contribution is 0.535. The van der Waals surface area contributed by atoms with Crippen molar-refractivity contribution in [3.8, 4) is 0 Å². The van der Waals surface area contributed by atoms with Gasteiger partial charge in [-0.3, -0.25) is 0 Å². The zero-order valence-corrected chi connectivity index (χ0v) is 13.9. The van der Waals surface area contributed by atoms with Crippen molar-refractivity contribution >= 4 is 22.9 Å². The van der Waals surface area contributed by atoms with Gasteiger partial charge in [0.05, 0.1) is 5.02 Å². The number of benzene rings is 1. The highest BCUT2D eigenvalue weighted by atomic mass is 35.5. The highest BCUT2D eigenvalue weighted by Crippen LogP contribution is 2.32. The summed E-state index contributed by atoms with van der Waals surface area (Å²) in [5.74, 6) is 0. The Hall–Kier alpha value is -0.830. The van der Waals surface area contributed by atoms with Crippen LogP contribution >= 0.6 is 22.9 Å². The summed E-state index contributed by atoms with van der Waals surface area (Å²) in [5.41, 5.74) is 4.16. The Morgan fingerprint density at radius 1 is 1.20 bits per heavy atom. The Bertz CT molecular complexity index is 542. The van der Waals surface area contributed by atoms with Crippen LogP contribution in [0.3, 0.4) is 0 Å². The molecule has 1 atom stereocenters. The maximum absolute atomic E-state index is 6.33. The molecule has 0 spiro atoms. The lowest BCUT2D eigenvalue weighted by Gasteiger charge is -2.20. The molecule has 20 heavy (non-hydrogen) atoms. The van der Waals surface area contributed by atoms with E-state index in [1.54, 1.807) is 11.3 Å². The van der Waals surface area contributed by atoms with Crippen molar-refractivity contribution in [2.75, 3.05) is 6.54 Å². The molecule has 108 valence electrons. The molecule has 0 fully saturated rings. The first-order chi connectivity index (χ1) is 9.63. The number of halogens is 1. The van der Waals surface area contributed by atoms with Crippen LogP contribution in [0.5, 0.6) is 0 Å². The Balaban J connectivity index is 2.26. The molecule has 1 unspecified atom stereocenters. The van der Waals surface area contributed by atoms with Gasteiger partial charge in [-0.2, -0.15) is 0 Å². The number of hydrogen-bond donors (Lipinski definition) is 1. The molecule has 3 heteroatoms. The van der Waals surface area contributed by atoms with E-state index in [0.29, 0.717) is 6.04 Å². The van der Waals surface area contributed by atoms with Crippen molar-refractivity contribution in [2.45, 2.75) is 39.7 Å². The predicted molar refractivity (Wildman–Crippen MR) is 90.0 cm³/mol. The fraction of sp³-hybridized carbons (Fsp3) is 0.412. The predicted octanol–water partition coefficient (Wildman–Crippen LogP) is 5.30. The summed E-state index contributed by atoms with van der Waals surface area (Å²) in [6, 6.07) is 8.81. The second kappa shape index (κ2) is 7.26. The summed E-state index contributed by atoms with van der Waals surface area (Å²) in [6.07, 6.45) is 2.13. The fourth-order valence-electron chi connectivity index (χ4n) is 2.51. The van der Waals surface area contributed by atoms with Gasteiger partial charge in [-0.1, -0.05) is 36.7 Å². The number of aryl methyl sites for hydroxylation is 2. The van der Waals surface area contributed by atoms with E-state index in [-0.39, 0.29) is 0 Å². The van der Waals surface area contributed by atoms with Crippen LogP contribution in [0.2, 0.25) is 5.02 Å². The molecule has 1 N–H and O–H groups in total. The fourth-order valence-corrected chi connectivity index (χ4v) is 3.77. The first kappa shape index (κ1) is 15.6. The van der Waals surface area contributed by atoms with Crippen LogP contribution in [0.25, 0.3) is 0 Å². The molecule has 0 saturated carbocycles. The number of hydrogen-bond acceptors (Lipinski definition) is 2. The zero-order chi connectivity index (χ0) is 14.5. The second-order valence-electron chi connectivity index (χ2n) is 5.21. The summed E-state index contributed by atoms with van der Waals surface area (Å²) in [5, 5.41) is 6.60. The number of rotatable bonds is 6. The molecule has 0 aliphatic rings. The summed E-state index contributed by atoms with van der Waals surface area (Å²) in [7, 11) is 0. The lowest BCUT2D eigenvalue weighted by atomic mass is 9.95. The molecular formula is C17H22ClNS. The van der Waals surface area contributed by atoms with Gasteiger partial charge >= 0.3 is 0 Å². The third-order valence-corrected chi connectivity index (χ3v) is 5.13. The van der Waals surface area contributed by atoms with Gasteiger partial charge in [0.2, 0.25) is 0 Å². The zero-order valence-electron chi connectivity index (χ0n) is 12.4. The van der Waals surface area contributed by atoms with Gasteiger partial charge in [0, 0.05) is 10.9 Å². The largest absolute Gasteiger partial charge is 0.309 e. The first-order valence-electron chi connectivity index (χ1n) is 7.14. The maximum Gasteiger partial charge on any atom is 0.0561 e. The molecule has 2 aromatic rings. The van der Waals surface area contributed by atoms with Gasteiger partial charge in [-0.15, -0.1) is 11.3 Å². The monoisotopic (exact) mass is 307 g/mol. The molecule has 0 radical (unpaired) electrons. The highest BCUT2D eigenvalue weighted by Gasteiger charge is 2.18. The quantitative estimate of drug-likeness (QED) is 0.763. The van der Waals surface area contributed by atoms with Gasteiger partial charge in [0.25, 0.3) is 0 Å². The Labute approximate surface area is 131 Å². The summed E-state index contributed by atoms with van der Waals surface area (Å²) >= 11 is 8.07. The van der Waals surface area contributed by atoms with Crippen LogP contribution in [0.4, 0.5) is 0 Å². The second-order valence-corrected chi connectivity index (χ2v) is 6.57. The van der Waals surface area contributed by atoms with E-state index in [2.05, 4.69) is 49.7 Å². The summed E-state index contributed by atoms with van der Waals surface area (Å²) in [6.45, 7) is 7.59. The smallest absolute Gasteiger partial charge is 0.0561 e. The number of thiophene rings is 1. The van der Waals surface area contributed by atoms with E-state index in [4.69, 9.17) is 11.6 Å². The van der Waals surface area contributed by atoms with Crippen molar-refractivity contribution in [1.82, 2.24) is 5.32 Å². The molecule has 1 heterocycles. The van der Waals surface area contributed by atoms with Crippen molar-refractivity contribution in [3.63, 3.8) is 0 Å². The SMILES string of the molecule is CCCNC(Cc1c(C)cccc1C)c1sccc1Cl. The average Bonchev–Trinajstić information content (AvgIpc) is 2.84. The van der Waals surface area contributed by atoms with E-state index < -0.39 is 0 Å². The molecule has 2 rings (SSSR count). The van der Waals surface area contributed by atoms with Crippen LogP contribution < -0.4 is 5.32 Å². The van der Waals surface area contributed by atoms with Crippen molar-refractivity contribution in [1.29, 1.82) is 0 Å². The van der Waals surface area contributed by atoms with E-state index in [1.165, 1.54) is 21.6 Å².